The first-order chi connectivity index (χ1) is 18.2. The van der Waals surface area contributed by atoms with Crippen molar-refractivity contribution in [3.8, 4) is 17.2 Å². The van der Waals surface area contributed by atoms with Crippen LogP contribution in [-0.2, 0) is 18.4 Å². The molecule has 0 N–H and O–H groups in total. The molecule has 2 aromatic rings. The van der Waals surface area contributed by atoms with Gasteiger partial charge in [-0.3, -0.25) is 0 Å². The SMILES string of the molecule is CCCCCCCCC[Si](C)(C)O[Si](C)(C)O[Si](C)(C)O[Si](C)(C)Cc1ccc(-c2ccc(C#N)cc2)cc1. The molecule has 4 nitrogen and oxygen atoms in total. The number of nitriles is 1. The van der Waals surface area contributed by atoms with Gasteiger partial charge in [0.1, 0.15) is 0 Å². The molecule has 0 aliphatic rings. The highest BCUT2D eigenvalue weighted by atomic mass is 28.5. The normalized spacial score (nSPS) is 12.9. The molecule has 0 fully saturated rings. The number of nitrogens with zero attached hydrogens (tertiary/aromatic N) is 1. The summed E-state index contributed by atoms with van der Waals surface area (Å²) in [7, 11) is -8.45. The highest BCUT2D eigenvalue weighted by Crippen LogP contribution is 2.28. The van der Waals surface area contributed by atoms with Gasteiger partial charge in [-0.15, -0.1) is 0 Å². The van der Waals surface area contributed by atoms with Crippen LogP contribution in [0.25, 0.3) is 11.1 Å². The quantitative estimate of drug-likeness (QED) is 0.134. The van der Waals surface area contributed by atoms with Gasteiger partial charge < -0.3 is 12.3 Å². The lowest BCUT2D eigenvalue weighted by atomic mass is 10.0. The number of hydrogen-bond acceptors (Lipinski definition) is 4. The molecule has 0 saturated heterocycles. The first kappa shape index (κ1) is 33.9. The number of rotatable bonds is 17. The molecule has 0 amide bonds. The summed E-state index contributed by atoms with van der Waals surface area (Å²) in [5, 5.41) is 9.04. The van der Waals surface area contributed by atoms with Crippen molar-refractivity contribution in [2.75, 3.05) is 0 Å². The van der Waals surface area contributed by atoms with E-state index >= 15 is 0 Å². The zero-order valence-electron chi connectivity index (χ0n) is 26.2. The number of hydrogen-bond donors (Lipinski definition) is 0. The van der Waals surface area contributed by atoms with Gasteiger partial charge in [0.2, 0.25) is 0 Å². The zero-order valence-corrected chi connectivity index (χ0v) is 30.2. The van der Waals surface area contributed by atoms with E-state index in [0.717, 1.165) is 17.2 Å². The van der Waals surface area contributed by atoms with Crippen LogP contribution in [0.2, 0.25) is 58.4 Å². The Hall–Kier alpha value is -1.32. The fourth-order valence-corrected chi connectivity index (χ4v) is 25.1. The van der Waals surface area contributed by atoms with E-state index in [9.17, 15) is 0 Å². The lowest BCUT2D eigenvalue weighted by Crippen LogP contribution is -2.56. The van der Waals surface area contributed by atoms with E-state index in [0.29, 0.717) is 5.56 Å². The van der Waals surface area contributed by atoms with E-state index in [-0.39, 0.29) is 0 Å². The van der Waals surface area contributed by atoms with Crippen LogP contribution in [0.3, 0.4) is 0 Å². The third-order valence-electron chi connectivity index (χ3n) is 6.85. The van der Waals surface area contributed by atoms with Gasteiger partial charge in [0.15, 0.2) is 16.6 Å². The van der Waals surface area contributed by atoms with E-state index in [2.05, 4.69) is 89.6 Å². The summed E-state index contributed by atoms with van der Waals surface area (Å²) >= 11 is 0. The van der Waals surface area contributed by atoms with E-state index in [1.807, 2.05) is 24.3 Å². The summed E-state index contributed by atoms with van der Waals surface area (Å²) in [5.74, 6) is 0. The lowest BCUT2D eigenvalue weighted by Gasteiger charge is -2.41. The topological polar surface area (TPSA) is 51.5 Å². The standard InChI is InChI=1S/C31H53NO3Si4/c1-10-11-12-13-14-15-16-25-36(2,3)33-38(6,7)35-39(8,9)34-37(4,5)27-29-19-23-31(24-20-29)30-21-17-28(26-32)18-22-30/h17-24H,10-16,25,27H2,1-9H3. The van der Waals surface area contributed by atoms with Gasteiger partial charge >= 0.3 is 17.1 Å². The Labute approximate surface area is 243 Å². The summed E-state index contributed by atoms with van der Waals surface area (Å²) < 4.78 is 20.5. The molecule has 39 heavy (non-hydrogen) atoms. The highest BCUT2D eigenvalue weighted by Gasteiger charge is 2.43. The second-order valence-electron chi connectivity index (χ2n) is 13.1. The molecule has 0 unspecified atom stereocenters. The molecule has 0 aliphatic carbocycles. The Morgan fingerprint density at radius 3 is 1.56 bits per heavy atom. The van der Waals surface area contributed by atoms with Crippen LogP contribution >= 0.6 is 0 Å². The fraction of sp³-hybridized carbons (Fsp3) is 0.581. The molecule has 0 aliphatic heterocycles. The fourth-order valence-electron chi connectivity index (χ4n) is 5.60. The van der Waals surface area contributed by atoms with Gasteiger partial charge in [0.05, 0.1) is 11.6 Å². The summed E-state index contributed by atoms with van der Waals surface area (Å²) in [6.45, 7) is 20.4. The van der Waals surface area contributed by atoms with Crippen molar-refractivity contribution in [2.24, 2.45) is 0 Å². The first-order valence-electron chi connectivity index (χ1n) is 14.9. The van der Waals surface area contributed by atoms with Crippen molar-refractivity contribution < 1.29 is 12.3 Å². The summed E-state index contributed by atoms with van der Waals surface area (Å²) in [6, 6.07) is 20.8. The van der Waals surface area contributed by atoms with Crippen LogP contribution in [0.5, 0.6) is 0 Å². The zero-order chi connectivity index (χ0) is 29.2. The second kappa shape index (κ2) is 15.1. The maximum absolute atomic E-state index is 9.04. The summed E-state index contributed by atoms with van der Waals surface area (Å²) in [5.41, 5.74) is 4.27. The van der Waals surface area contributed by atoms with Crippen molar-refractivity contribution in [3.63, 3.8) is 0 Å². The molecule has 0 bridgehead atoms. The molecule has 0 heterocycles. The molecule has 0 aromatic heterocycles. The Balaban J connectivity index is 1.89. The third kappa shape index (κ3) is 13.3. The van der Waals surface area contributed by atoms with Crippen LogP contribution in [-0.4, -0.2) is 33.8 Å². The van der Waals surface area contributed by atoms with Gasteiger partial charge in [-0.05, 0) is 93.3 Å². The molecule has 8 heteroatoms. The molecule has 0 radical (unpaired) electrons. The van der Waals surface area contributed by atoms with Crippen LogP contribution in [0.1, 0.15) is 63.0 Å². The minimum absolute atomic E-state index is 0.685. The van der Waals surface area contributed by atoms with E-state index in [1.54, 1.807) is 0 Å². The molecule has 0 saturated carbocycles. The Morgan fingerprint density at radius 1 is 0.590 bits per heavy atom. The summed E-state index contributed by atoms with van der Waals surface area (Å²) in [6.07, 6.45) is 9.39. The van der Waals surface area contributed by atoms with Crippen LogP contribution in [0, 0.1) is 11.3 Å². The average molecular weight is 600 g/mol. The van der Waals surface area contributed by atoms with Crippen molar-refractivity contribution in [1.82, 2.24) is 0 Å². The number of benzene rings is 2. The van der Waals surface area contributed by atoms with Gasteiger partial charge in [-0.2, -0.15) is 5.26 Å². The highest BCUT2D eigenvalue weighted by molar-refractivity contribution is 6.89. The third-order valence-corrected chi connectivity index (χ3v) is 22.0. The van der Waals surface area contributed by atoms with Gasteiger partial charge in [0.25, 0.3) is 0 Å². The predicted octanol–water partition coefficient (Wildman–Crippen LogP) is 9.92. The maximum atomic E-state index is 9.04. The molecular weight excluding hydrogens is 547 g/mol. The van der Waals surface area contributed by atoms with Crippen molar-refractivity contribution in [2.45, 2.75) is 116 Å². The van der Waals surface area contributed by atoms with E-state index in [4.69, 9.17) is 17.6 Å². The van der Waals surface area contributed by atoms with Gasteiger partial charge in [-0.25, -0.2) is 0 Å². The maximum Gasteiger partial charge on any atom is 0.312 e. The first-order valence-corrected chi connectivity index (χ1v) is 26.7. The second-order valence-corrected chi connectivity index (χ2v) is 29.0. The van der Waals surface area contributed by atoms with Gasteiger partial charge in [0, 0.05) is 0 Å². The Morgan fingerprint density at radius 2 is 1.05 bits per heavy atom. The smallest absolute Gasteiger partial charge is 0.312 e. The Kier molecular flexibility index (Phi) is 13.1. The summed E-state index contributed by atoms with van der Waals surface area (Å²) in [4.78, 5) is 0. The lowest BCUT2D eigenvalue weighted by molar-refractivity contribution is 0.327. The Bertz CT molecular complexity index is 1040. The molecular formula is C31H53NO3Si4. The van der Waals surface area contributed by atoms with Crippen LogP contribution in [0.4, 0.5) is 0 Å². The average Bonchev–Trinajstić information content (AvgIpc) is 2.81. The van der Waals surface area contributed by atoms with Crippen molar-refractivity contribution >= 4 is 33.8 Å². The monoisotopic (exact) mass is 599 g/mol. The molecule has 2 rings (SSSR count). The molecule has 216 valence electrons. The van der Waals surface area contributed by atoms with E-state index in [1.165, 1.54) is 56.6 Å². The molecule has 0 spiro atoms. The van der Waals surface area contributed by atoms with E-state index < -0.39 is 33.8 Å². The molecule has 0 atom stereocenters. The minimum Gasteiger partial charge on any atom is -0.436 e. The predicted molar refractivity (Wildman–Crippen MR) is 176 cm³/mol. The largest absolute Gasteiger partial charge is 0.436 e. The van der Waals surface area contributed by atoms with Crippen molar-refractivity contribution in [3.05, 3.63) is 59.7 Å². The van der Waals surface area contributed by atoms with Crippen molar-refractivity contribution in [1.29, 1.82) is 5.26 Å². The van der Waals surface area contributed by atoms with Gasteiger partial charge in [-0.1, -0.05) is 88.3 Å². The van der Waals surface area contributed by atoms with Crippen LogP contribution < -0.4 is 0 Å². The van der Waals surface area contributed by atoms with Crippen LogP contribution in [0.15, 0.2) is 48.5 Å². The number of unbranched alkanes of at least 4 members (excludes halogenated alkanes) is 6. The minimum atomic E-state index is -2.36. The molecule has 2 aromatic carbocycles.